The molecule has 74 valence electrons. The minimum atomic E-state index is -0.321. The Kier molecular flexibility index (Phi) is 3.51. The Bertz CT molecular complexity index is 255. The highest BCUT2D eigenvalue weighted by Crippen LogP contribution is 2.14. The Morgan fingerprint density at radius 2 is 2.15 bits per heavy atom. The third-order valence-corrected chi connectivity index (χ3v) is 1.91. The van der Waals surface area contributed by atoms with Crippen molar-refractivity contribution in [3.05, 3.63) is 23.7 Å². The second-order valence-electron chi connectivity index (χ2n) is 3.43. The first-order valence-electron chi connectivity index (χ1n) is 4.57. The van der Waals surface area contributed by atoms with Crippen LogP contribution in [0.5, 0.6) is 0 Å². The van der Waals surface area contributed by atoms with Crippen molar-refractivity contribution in [2.24, 2.45) is 0 Å². The lowest BCUT2D eigenvalue weighted by molar-refractivity contribution is 0.185. The topological polar surface area (TPSA) is 45.4 Å². The van der Waals surface area contributed by atoms with E-state index in [1.807, 2.05) is 26.0 Å². The Hall–Kier alpha value is -0.800. The summed E-state index contributed by atoms with van der Waals surface area (Å²) in [6.45, 7) is 6.28. The average molecular weight is 183 g/mol. The number of aliphatic hydroxyl groups is 1. The van der Waals surface area contributed by atoms with Crippen LogP contribution in [0.2, 0.25) is 0 Å². The van der Waals surface area contributed by atoms with E-state index in [1.165, 1.54) is 0 Å². The molecule has 0 unspecified atom stereocenters. The van der Waals surface area contributed by atoms with Crippen LogP contribution >= 0.6 is 0 Å². The molecule has 0 bridgehead atoms. The standard InChI is InChI=1S/C10H17NO2/c1-7(12)6-11-9(3)10-5-4-8(2)13-10/h4-5,7,9,11-12H,6H2,1-3H3/t7-,9+/m0/s1. The van der Waals surface area contributed by atoms with Crippen molar-refractivity contribution < 1.29 is 9.52 Å². The van der Waals surface area contributed by atoms with Crippen LogP contribution in [-0.2, 0) is 0 Å². The smallest absolute Gasteiger partial charge is 0.120 e. The maximum absolute atomic E-state index is 9.06. The zero-order valence-electron chi connectivity index (χ0n) is 8.37. The van der Waals surface area contributed by atoms with Crippen molar-refractivity contribution in [2.75, 3.05) is 6.54 Å². The number of aryl methyl sites for hydroxylation is 1. The van der Waals surface area contributed by atoms with Crippen molar-refractivity contribution >= 4 is 0 Å². The zero-order chi connectivity index (χ0) is 9.84. The molecular weight excluding hydrogens is 166 g/mol. The zero-order valence-corrected chi connectivity index (χ0v) is 8.37. The van der Waals surface area contributed by atoms with Crippen LogP contribution in [0.15, 0.2) is 16.5 Å². The molecule has 3 nitrogen and oxygen atoms in total. The molecule has 3 heteroatoms. The summed E-state index contributed by atoms with van der Waals surface area (Å²) in [5, 5.41) is 12.2. The van der Waals surface area contributed by atoms with Crippen LogP contribution in [0.3, 0.4) is 0 Å². The molecule has 13 heavy (non-hydrogen) atoms. The summed E-state index contributed by atoms with van der Waals surface area (Å²) in [4.78, 5) is 0. The van der Waals surface area contributed by atoms with Crippen LogP contribution in [0.25, 0.3) is 0 Å². The van der Waals surface area contributed by atoms with E-state index < -0.39 is 0 Å². The van der Waals surface area contributed by atoms with E-state index in [-0.39, 0.29) is 12.1 Å². The first kappa shape index (κ1) is 10.3. The molecule has 0 aromatic carbocycles. The molecule has 1 rings (SSSR count). The Morgan fingerprint density at radius 3 is 2.62 bits per heavy atom. The van der Waals surface area contributed by atoms with Crippen molar-refractivity contribution in [2.45, 2.75) is 32.9 Å². The first-order valence-corrected chi connectivity index (χ1v) is 4.57. The SMILES string of the molecule is Cc1ccc([C@@H](C)NC[C@H](C)O)o1. The molecule has 1 aromatic heterocycles. The number of nitrogens with one attached hydrogen (secondary N) is 1. The van der Waals surface area contributed by atoms with E-state index in [4.69, 9.17) is 9.52 Å². The number of furan rings is 1. The summed E-state index contributed by atoms with van der Waals surface area (Å²) < 4.78 is 5.43. The molecule has 1 aromatic rings. The quantitative estimate of drug-likeness (QED) is 0.745. The lowest BCUT2D eigenvalue weighted by Gasteiger charge is -2.12. The molecule has 1 heterocycles. The fourth-order valence-corrected chi connectivity index (χ4v) is 1.13. The predicted octanol–water partition coefficient (Wildman–Crippen LogP) is 1.62. The molecule has 0 saturated carbocycles. The van der Waals surface area contributed by atoms with E-state index in [1.54, 1.807) is 6.92 Å². The van der Waals surface area contributed by atoms with Gasteiger partial charge >= 0.3 is 0 Å². The number of hydrogen-bond acceptors (Lipinski definition) is 3. The van der Waals surface area contributed by atoms with Gasteiger partial charge in [0.2, 0.25) is 0 Å². The van der Waals surface area contributed by atoms with Gasteiger partial charge in [0.25, 0.3) is 0 Å². The third-order valence-electron chi connectivity index (χ3n) is 1.91. The van der Waals surface area contributed by atoms with Gasteiger partial charge in [-0.3, -0.25) is 0 Å². The van der Waals surface area contributed by atoms with Gasteiger partial charge in [0, 0.05) is 6.54 Å². The van der Waals surface area contributed by atoms with Gasteiger partial charge in [-0.15, -0.1) is 0 Å². The number of rotatable bonds is 4. The Labute approximate surface area is 78.8 Å². The number of aliphatic hydroxyl groups excluding tert-OH is 1. The van der Waals surface area contributed by atoms with Gasteiger partial charge in [-0.25, -0.2) is 0 Å². The van der Waals surface area contributed by atoms with Gasteiger partial charge in [0.1, 0.15) is 11.5 Å². The molecule has 0 saturated heterocycles. The van der Waals surface area contributed by atoms with Crippen LogP contribution < -0.4 is 5.32 Å². The molecule has 0 fully saturated rings. The molecule has 2 N–H and O–H groups in total. The Balaban J connectivity index is 2.44. The van der Waals surface area contributed by atoms with Crippen molar-refractivity contribution in [1.29, 1.82) is 0 Å². The summed E-state index contributed by atoms with van der Waals surface area (Å²) in [5.41, 5.74) is 0. The highest BCUT2D eigenvalue weighted by molar-refractivity contribution is 5.08. The van der Waals surface area contributed by atoms with Crippen LogP contribution in [-0.4, -0.2) is 17.8 Å². The van der Waals surface area contributed by atoms with Gasteiger partial charge in [-0.2, -0.15) is 0 Å². The fraction of sp³-hybridized carbons (Fsp3) is 0.600. The molecule has 2 atom stereocenters. The summed E-state index contributed by atoms with van der Waals surface area (Å²) in [6.07, 6.45) is -0.321. The second kappa shape index (κ2) is 4.44. The van der Waals surface area contributed by atoms with Gasteiger partial charge in [-0.05, 0) is 32.9 Å². The highest BCUT2D eigenvalue weighted by Gasteiger charge is 2.08. The first-order chi connectivity index (χ1) is 6.09. The predicted molar refractivity (Wildman–Crippen MR) is 51.5 cm³/mol. The van der Waals surface area contributed by atoms with Gasteiger partial charge in [0.05, 0.1) is 12.1 Å². The minimum Gasteiger partial charge on any atom is -0.465 e. The molecule has 0 spiro atoms. The summed E-state index contributed by atoms with van der Waals surface area (Å²) in [5.74, 6) is 1.83. The number of hydrogen-bond donors (Lipinski definition) is 2. The molecule has 0 aliphatic rings. The largest absolute Gasteiger partial charge is 0.465 e. The molecule has 0 aliphatic carbocycles. The third kappa shape index (κ3) is 3.20. The summed E-state index contributed by atoms with van der Waals surface area (Å²) in [7, 11) is 0. The van der Waals surface area contributed by atoms with Crippen LogP contribution in [0.1, 0.15) is 31.4 Å². The molecule has 0 aliphatic heterocycles. The van der Waals surface area contributed by atoms with E-state index in [0.29, 0.717) is 6.54 Å². The molecular formula is C10H17NO2. The van der Waals surface area contributed by atoms with E-state index in [0.717, 1.165) is 11.5 Å². The lowest BCUT2D eigenvalue weighted by atomic mass is 10.2. The monoisotopic (exact) mass is 183 g/mol. The maximum atomic E-state index is 9.06. The van der Waals surface area contributed by atoms with E-state index >= 15 is 0 Å². The van der Waals surface area contributed by atoms with Crippen LogP contribution in [0.4, 0.5) is 0 Å². The molecule has 0 radical (unpaired) electrons. The minimum absolute atomic E-state index is 0.156. The normalized spacial score (nSPS) is 15.7. The second-order valence-corrected chi connectivity index (χ2v) is 3.43. The van der Waals surface area contributed by atoms with Gasteiger partial charge < -0.3 is 14.8 Å². The maximum Gasteiger partial charge on any atom is 0.120 e. The van der Waals surface area contributed by atoms with Gasteiger partial charge in [0.15, 0.2) is 0 Å². The van der Waals surface area contributed by atoms with E-state index in [9.17, 15) is 0 Å². The van der Waals surface area contributed by atoms with Crippen molar-refractivity contribution in [1.82, 2.24) is 5.32 Å². The lowest BCUT2D eigenvalue weighted by Crippen LogP contribution is -2.26. The van der Waals surface area contributed by atoms with E-state index in [2.05, 4.69) is 5.32 Å². The Morgan fingerprint density at radius 1 is 1.46 bits per heavy atom. The van der Waals surface area contributed by atoms with Crippen molar-refractivity contribution in [3.8, 4) is 0 Å². The summed E-state index contributed by atoms with van der Waals surface area (Å²) in [6, 6.07) is 4.05. The average Bonchev–Trinajstić information content (AvgIpc) is 2.47. The molecule has 0 amide bonds. The van der Waals surface area contributed by atoms with Crippen LogP contribution in [0, 0.1) is 6.92 Å². The summed E-state index contributed by atoms with van der Waals surface area (Å²) >= 11 is 0. The highest BCUT2D eigenvalue weighted by atomic mass is 16.3. The fourth-order valence-electron chi connectivity index (χ4n) is 1.13. The van der Waals surface area contributed by atoms with Gasteiger partial charge in [-0.1, -0.05) is 0 Å². The van der Waals surface area contributed by atoms with Crippen molar-refractivity contribution in [3.63, 3.8) is 0 Å².